The lowest BCUT2D eigenvalue weighted by atomic mass is 10.1. The summed E-state index contributed by atoms with van der Waals surface area (Å²) in [7, 11) is -3.91. The average molecular weight is 511 g/mol. The van der Waals surface area contributed by atoms with Gasteiger partial charge in [0.05, 0.1) is 15.9 Å². The zero-order valence-corrected chi connectivity index (χ0v) is 21.4. The van der Waals surface area contributed by atoms with Gasteiger partial charge < -0.3 is 5.32 Å². The van der Waals surface area contributed by atoms with Crippen LogP contribution in [0.1, 0.15) is 29.4 Å². The van der Waals surface area contributed by atoms with Crippen LogP contribution >= 0.6 is 11.6 Å². The number of nitrogens with one attached hydrogen (secondary N) is 2. The first-order chi connectivity index (χ1) is 16.7. The number of aromatic nitrogens is 2. The van der Waals surface area contributed by atoms with Crippen molar-refractivity contribution in [2.24, 2.45) is 0 Å². The molecule has 0 fully saturated rings. The summed E-state index contributed by atoms with van der Waals surface area (Å²) in [6.45, 7) is 6.19. The third-order valence-corrected chi connectivity index (χ3v) is 7.53. The Bertz CT molecular complexity index is 1480. The van der Waals surface area contributed by atoms with E-state index in [-0.39, 0.29) is 4.90 Å². The fourth-order valence-electron chi connectivity index (χ4n) is 3.84. The second-order valence-electron chi connectivity index (χ2n) is 8.40. The summed E-state index contributed by atoms with van der Waals surface area (Å²) in [6.07, 6.45) is 1.33. The molecule has 0 aliphatic heterocycles. The standard InChI is InChI=1S/C26H27ClN4O3S/c1-4-25-29-23-16-22(27)18(3)15-24(23)31(25)20-9-7-19(8-10-20)13-14-28-26(32)30-35(33,34)21-11-5-17(2)6-12-21/h5-12,15-16H,4,13-14H2,1-3H3,(H2,28,30,32). The van der Waals surface area contributed by atoms with Crippen molar-refractivity contribution in [2.45, 2.75) is 38.5 Å². The van der Waals surface area contributed by atoms with E-state index in [1.807, 2.05) is 55.0 Å². The Morgan fingerprint density at radius 3 is 2.37 bits per heavy atom. The van der Waals surface area contributed by atoms with Gasteiger partial charge in [0.2, 0.25) is 0 Å². The van der Waals surface area contributed by atoms with Crippen LogP contribution in [0.4, 0.5) is 4.79 Å². The molecule has 0 aliphatic carbocycles. The van der Waals surface area contributed by atoms with Crippen LogP contribution in [-0.2, 0) is 22.9 Å². The molecule has 0 saturated carbocycles. The number of sulfonamides is 1. The molecule has 7 nitrogen and oxygen atoms in total. The largest absolute Gasteiger partial charge is 0.337 e. The molecular weight excluding hydrogens is 484 g/mol. The van der Waals surface area contributed by atoms with Crippen molar-refractivity contribution >= 4 is 38.7 Å². The van der Waals surface area contributed by atoms with Gasteiger partial charge in [-0.2, -0.15) is 0 Å². The fourth-order valence-corrected chi connectivity index (χ4v) is 4.93. The molecule has 4 rings (SSSR count). The number of amides is 2. The zero-order chi connectivity index (χ0) is 25.2. The van der Waals surface area contributed by atoms with Crippen molar-refractivity contribution in [3.8, 4) is 5.69 Å². The topological polar surface area (TPSA) is 93.1 Å². The van der Waals surface area contributed by atoms with Crippen LogP contribution in [0.2, 0.25) is 5.02 Å². The first-order valence-corrected chi connectivity index (χ1v) is 13.2. The molecule has 2 N–H and O–H groups in total. The van der Waals surface area contributed by atoms with Crippen LogP contribution < -0.4 is 10.0 Å². The third kappa shape index (κ3) is 5.49. The number of imidazole rings is 1. The zero-order valence-electron chi connectivity index (χ0n) is 19.8. The SMILES string of the molecule is CCc1nc2cc(Cl)c(C)cc2n1-c1ccc(CCNC(=O)NS(=O)(=O)c2ccc(C)cc2)cc1. The van der Waals surface area contributed by atoms with E-state index in [4.69, 9.17) is 16.6 Å². The minimum absolute atomic E-state index is 0.0461. The van der Waals surface area contributed by atoms with Gasteiger partial charge in [0.1, 0.15) is 5.82 Å². The number of aryl methyl sites for hydroxylation is 3. The number of halogens is 1. The molecular formula is C26H27ClN4O3S. The molecule has 0 unspecified atom stereocenters. The number of carbonyl (C=O) groups is 1. The Hall–Kier alpha value is -3.36. The normalized spacial score (nSPS) is 11.5. The minimum atomic E-state index is -3.91. The van der Waals surface area contributed by atoms with Gasteiger partial charge in [-0.3, -0.25) is 4.57 Å². The summed E-state index contributed by atoms with van der Waals surface area (Å²) in [5.41, 5.74) is 5.79. The average Bonchev–Trinajstić information content (AvgIpc) is 3.17. The molecule has 0 aliphatic rings. The molecule has 0 bridgehead atoms. The van der Waals surface area contributed by atoms with E-state index in [2.05, 4.69) is 16.8 Å². The smallest absolute Gasteiger partial charge is 0.328 e. The molecule has 1 heterocycles. The molecule has 0 saturated heterocycles. The van der Waals surface area contributed by atoms with Gasteiger partial charge >= 0.3 is 6.03 Å². The molecule has 0 spiro atoms. The van der Waals surface area contributed by atoms with Gasteiger partial charge in [0, 0.05) is 23.7 Å². The summed E-state index contributed by atoms with van der Waals surface area (Å²) >= 11 is 6.29. The number of rotatable bonds is 7. The van der Waals surface area contributed by atoms with Crippen LogP contribution in [0, 0.1) is 13.8 Å². The van der Waals surface area contributed by atoms with Gasteiger partial charge in [-0.1, -0.05) is 48.4 Å². The number of nitrogens with zero attached hydrogens (tertiary/aromatic N) is 2. The number of fused-ring (bicyclic) bond motifs is 1. The maximum absolute atomic E-state index is 12.3. The first-order valence-electron chi connectivity index (χ1n) is 11.3. The number of urea groups is 1. The molecule has 4 aromatic rings. The number of carbonyl (C=O) groups excluding carboxylic acids is 1. The minimum Gasteiger partial charge on any atom is -0.337 e. The number of hydrogen-bond acceptors (Lipinski definition) is 4. The van der Waals surface area contributed by atoms with Crippen LogP contribution in [-0.4, -0.2) is 30.5 Å². The van der Waals surface area contributed by atoms with E-state index in [0.717, 1.165) is 45.7 Å². The van der Waals surface area contributed by atoms with E-state index in [1.165, 1.54) is 12.1 Å². The summed E-state index contributed by atoms with van der Waals surface area (Å²) in [4.78, 5) is 16.9. The van der Waals surface area contributed by atoms with Crippen LogP contribution in [0.5, 0.6) is 0 Å². The van der Waals surface area contributed by atoms with Gasteiger partial charge in [0.15, 0.2) is 0 Å². The molecule has 9 heteroatoms. The van der Waals surface area contributed by atoms with Crippen LogP contribution in [0.25, 0.3) is 16.7 Å². The van der Waals surface area contributed by atoms with Crippen molar-refractivity contribution < 1.29 is 13.2 Å². The van der Waals surface area contributed by atoms with E-state index < -0.39 is 16.1 Å². The molecule has 35 heavy (non-hydrogen) atoms. The highest BCUT2D eigenvalue weighted by Gasteiger charge is 2.17. The maximum atomic E-state index is 12.3. The Morgan fingerprint density at radius 1 is 1.03 bits per heavy atom. The Morgan fingerprint density at radius 2 is 1.71 bits per heavy atom. The molecule has 2 amide bonds. The molecule has 0 radical (unpaired) electrons. The monoisotopic (exact) mass is 510 g/mol. The molecule has 182 valence electrons. The van der Waals surface area contributed by atoms with Gasteiger partial charge in [0.25, 0.3) is 10.0 Å². The van der Waals surface area contributed by atoms with Crippen molar-refractivity contribution in [3.63, 3.8) is 0 Å². The summed E-state index contributed by atoms with van der Waals surface area (Å²) in [5, 5.41) is 3.31. The summed E-state index contributed by atoms with van der Waals surface area (Å²) in [6, 6.07) is 17.5. The predicted octanol–water partition coefficient (Wildman–Crippen LogP) is 5.09. The van der Waals surface area contributed by atoms with Crippen molar-refractivity contribution in [3.05, 3.63) is 88.2 Å². The van der Waals surface area contributed by atoms with Crippen molar-refractivity contribution in [1.82, 2.24) is 19.6 Å². The van der Waals surface area contributed by atoms with E-state index in [9.17, 15) is 13.2 Å². The predicted molar refractivity (Wildman–Crippen MR) is 139 cm³/mol. The summed E-state index contributed by atoms with van der Waals surface area (Å²) < 4.78 is 28.8. The fraction of sp³-hybridized carbons (Fsp3) is 0.231. The van der Waals surface area contributed by atoms with Gasteiger partial charge in [-0.15, -0.1) is 0 Å². The van der Waals surface area contributed by atoms with Crippen molar-refractivity contribution in [2.75, 3.05) is 6.54 Å². The van der Waals surface area contributed by atoms with Crippen molar-refractivity contribution in [1.29, 1.82) is 0 Å². The Labute approximate surface area is 210 Å². The van der Waals surface area contributed by atoms with E-state index in [1.54, 1.807) is 12.1 Å². The van der Waals surface area contributed by atoms with Gasteiger partial charge in [-0.25, -0.2) is 22.9 Å². The highest BCUT2D eigenvalue weighted by atomic mass is 35.5. The lowest BCUT2D eigenvalue weighted by Gasteiger charge is -2.11. The van der Waals surface area contributed by atoms with E-state index in [0.29, 0.717) is 18.0 Å². The third-order valence-electron chi connectivity index (χ3n) is 5.77. The van der Waals surface area contributed by atoms with Gasteiger partial charge in [-0.05, 0) is 67.8 Å². The lowest BCUT2D eigenvalue weighted by Crippen LogP contribution is -2.40. The van der Waals surface area contributed by atoms with E-state index >= 15 is 0 Å². The Balaban J connectivity index is 1.40. The first kappa shape index (κ1) is 24.8. The second-order valence-corrected chi connectivity index (χ2v) is 10.5. The highest BCUT2D eigenvalue weighted by molar-refractivity contribution is 7.90. The quantitative estimate of drug-likeness (QED) is 0.362. The lowest BCUT2D eigenvalue weighted by molar-refractivity contribution is 0.246. The highest BCUT2D eigenvalue weighted by Crippen LogP contribution is 2.27. The maximum Gasteiger partial charge on any atom is 0.328 e. The molecule has 0 atom stereocenters. The number of hydrogen-bond donors (Lipinski definition) is 2. The van der Waals surface area contributed by atoms with Crippen LogP contribution in [0.15, 0.2) is 65.6 Å². The van der Waals surface area contributed by atoms with Crippen LogP contribution in [0.3, 0.4) is 0 Å². The Kier molecular flexibility index (Phi) is 7.14. The summed E-state index contributed by atoms with van der Waals surface area (Å²) in [5.74, 6) is 0.947. The second kappa shape index (κ2) is 10.1. The number of benzene rings is 3. The molecule has 3 aromatic carbocycles. The molecule has 1 aromatic heterocycles.